The third-order valence-corrected chi connectivity index (χ3v) is 4.86. The lowest BCUT2D eigenvalue weighted by atomic mass is 10.2. The van der Waals surface area contributed by atoms with Gasteiger partial charge in [0.25, 0.3) is 0 Å². The normalized spacial score (nSPS) is 10.7. The molecular formula is C18H17ClN2O3S. The van der Waals surface area contributed by atoms with Crippen molar-refractivity contribution in [2.75, 3.05) is 12.4 Å². The Morgan fingerprint density at radius 3 is 2.80 bits per heavy atom. The summed E-state index contributed by atoms with van der Waals surface area (Å²) in [4.78, 5) is 15.7. The Bertz CT molecular complexity index is 939. The molecule has 1 amide bonds. The van der Waals surface area contributed by atoms with Gasteiger partial charge in [0.1, 0.15) is 23.1 Å². The maximum absolute atomic E-state index is 11.1. The number of carbonyl (C=O) groups is 1. The van der Waals surface area contributed by atoms with Crippen LogP contribution in [0.25, 0.3) is 10.2 Å². The van der Waals surface area contributed by atoms with E-state index in [1.807, 2.05) is 31.2 Å². The molecule has 0 radical (unpaired) electrons. The molecule has 1 N–H and O–H groups in total. The lowest BCUT2D eigenvalue weighted by molar-refractivity contribution is -0.114. The highest BCUT2D eigenvalue weighted by molar-refractivity contribution is 7.18. The Kier molecular flexibility index (Phi) is 5.11. The summed E-state index contributed by atoms with van der Waals surface area (Å²) < 4.78 is 12.0. The van der Waals surface area contributed by atoms with E-state index in [4.69, 9.17) is 21.1 Å². The minimum atomic E-state index is -0.0969. The number of halogens is 1. The van der Waals surface area contributed by atoms with E-state index in [1.165, 1.54) is 18.3 Å². The molecular weight excluding hydrogens is 360 g/mol. The van der Waals surface area contributed by atoms with Gasteiger partial charge in [0.15, 0.2) is 0 Å². The van der Waals surface area contributed by atoms with Crippen molar-refractivity contribution >= 4 is 44.7 Å². The van der Waals surface area contributed by atoms with Crippen LogP contribution in [0.15, 0.2) is 30.3 Å². The fourth-order valence-electron chi connectivity index (χ4n) is 2.40. The predicted molar refractivity (Wildman–Crippen MR) is 101 cm³/mol. The topological polar surface area (TPSA) is 60.5 Å². The Morgan fingerprint density at radius 2 is 2.12 bits per heavy atom. The van der Waals surface area contributed by atoms with Crippen molar-refractivity contribution in [1.82, 2.24) is 4.98 Å². The summed E-state index contributed by atoms with van der Waals surface area (Å²) in [6.45, 7) is 3.76. The number of methoxy groups -OCH3 is 1. The van der Waals surface area contributed by atoms with E-state index < -0.39 is 0 Å². The summed E-state index contributed by atoms with van der Waals surface area (Å²) >= 11 is 7.67. The molecule has 0 atom stereocenters. The smallest absolute Gasteiger partial charge is 0.221 e. The highest BCUT2D eigenvalue weighted by Crippen LogP contribution is 2.33. The summed E-state index contributed by atoms with van der Waals surface area (Å²) in [7, 11) is 1.59. The van der Waals surface area contributed by atoms with Crippen LogP contribution in [0.5, 0.6) is 11.5 Å². The molecule has 0 saturated heterocycles. The molecule has 3 aromatic rings. The minimum Gasteiger partial charge on any atom is -0.495 e. The van der Waals surface area contributed by atoms with Crippen LogP contribution in [0.2, 0.25) is 5.02 Å². The maximum Gasteiger partial charge on any atom is 0.221 e. The number of fused-ring (bicyclic) bond motifs is 1. The number of carbonyl (C=O) groups excluding carboxylic acids is 1. The predicted octanol–water partition coefficient (Wildman–Crippen LogP) is 4.80. The molecule has 1 aromatic heterocycles. The average molecular weight is 377 g/mol. The zero-order valence-electron chi connectivity index (χ0n) is 14.1. The number of nitrogens with one attached hydrogen (secondary N) is 1. The van der Waals surface area contributed by atoms with Gasteiger partial charge in [0.2, 0.25) is 5.91 Å². The molecule has 25 heavy (non-hydrogen) atoms. The number of benzene rings is 2. The fourth-order valence-corrected chi connectivity index (χ4v) is 3.52. The van der Waals surface area contributed by atoms with Gasteiger partial charge in [-0.25, -0.2) is 4.98 Å². The van der Waals surface area contributed by atoms with Gasteiger partial charge in [0, 0.05) is 18.7 Å². The third kappa shape index (κ3) is 4.03. The summed E-state index contributed by atoms with van der Waals surface area (Å²) in [6, 6.07) is 9.21. The van der Waals surface area contributed by atoms with Gasteiger partial charge < -0.3 is 14.8 Å². The van der Waals surface area contributed by atoms with Crippen LogP contribution in [-0.4, -0.2) is 18.0 Å². The average Bonchev–Trinajstić information content (AvgIpc) is 2.95. The van der Waals surface area contributed by atoms with E-state index in [0.717, 1.165) is 32.2 Å². The van der Waals surface area contributed by atoms with Gasteiger partial charge >= 0.3 is 0 Å². The van der Waals surface area contributed by atoms with Crippen molar-refractivity contribution in [3.05, 3.63) is 45.9 Å². The van der Waals surface area contributed by atoms with Crippen LogP contribution in [0.4, 0.5) is 5.69 Å². The zero-order valence-corrected chi connectivity index (χ0v) is 15.6. The molecule has 0 bridgehead atoms. The molecule has 5 nitrogen and oxygen atoms in total. The molecule has 1 heterocycles. The summed E-state index contributed by atoms with van der Waals surface area (Å²) in [5.41, 5.74) is 2.54. The highest BCUT2D eigenvalue weighted by atomic mass is 35.5. The van der Waals surface area contributed by atoms with E-state index >= 15 is 0 Å². The number of ether oxygens (including phenoxy) is 2. The number of hydrogen-bond donors (Lipinski definition) is 1. The first-order valence-corrected chi connectivity index (χ1v) is 8.79. The van der Waals surface area contributed by atoms with Gasteiger partial charge in [-0.3, -0.25) is 4.79 Å². The van der Waals surface area contributed by atoms with Gasteiger partial charge in [-0.2, -0.15) is 0 Å². The van der Waals surface area contributed by atoms with Crippen molar-refractivity contribution < 1.29 is 14.3 Å². The molecule has 0 unspecified atom stereocenters. The number of rotatable bonds is 5. The molecule has 0 fully saturated rings. The van der Waals surface area contributed by atoms with E-state index in [0.29, 0.717) is 17.4 Å². The number of aryl methyl sites for hydroxylation is 1. The number of anilines is 1. The molecule has 7 heteroatoms. The quantitative estimate of drug-likeness (QED) is 0.694. The highest BCUT2D eigenvalue weighted by Gasteiger charge is 2.10. The Balaban J connectivity index is 1.74. The summed E-state index contributed by atoms with van der Waals surface area (Å²) in [6.07, 6.45) is 0. The van der Waals surface area contributed by atoms with Crippen molar-refractivity contribution in [3.8, 4) is 11.5 Å². The third-order valence-electron chi connectivity index (χ3n) is 3.58. The Labute approximate surface area is 154 Å². The number of thiazole rings is 1. The Hall–Kier alpha value is -2.31. The van der Waals surface area contributed by atoms with Gasteiger partial charge in [0.05, 0.1) is 22.3 Å². The SMILES string of the molecule is COc1cc2sc(COc3ccc(NC(C)=O)c(C)c3)nc2cc1Cl. The second-order valence-electron chi connectivity index (χ2n) is 5.51. The lowest BCUT2D eigenvalue weighted by Crippen LogP contribution is -2.07. The molecule has 0 aliphatic carbocycles. The largest absolute Gasteiger partial charge is 0.495 e. The van der Waals surface area contributed by atoms with E-state index in [1.54, 1.807) is 13.2 Å². The second-order valence-corrected chi connectivity index (χ2v) is 7.03. The fraction of sp³-hybridized carbons (Fsp3) is 0.222. The van der Waals surface area contributed by atoms with Crippen LogP contribution in [-0.2, 0) is 11.4 Å². The van der Waals surface area contributed by atoms with E-state index in [9.17, 15) is 4.79 Å². The first-order chi connectivity index (χ1) is 12.0. The number of hydrogen-bond acceptors (Lipinski definition) is 5. The zero-order chi connectivity index (χ0) is 18.0. The molecule has 2 aromatic carbocycles. The molecule has 130 valence electrons. The molecule has 0 aliphatic rings. The van der Waals surface area contributed by atoms with Crippen molar-refractivity contribution in [2.24, 2.45) is 0 Å². The van der Waals surface area contributed by atoms with Gasteiger partial charge in [-0.15, -0.1) is 11.3 Å². The second kappa shape index (κ2) is 7.29. The van der Waals surface area contributed by atoms with Crippen molar-refractivity contribution in [3.63, 3.8) is 0 Å². The van der Waals surface area contributed by atoms with Crippen molar-refractivity contribution in [1.29, 1.82) is 0 Å². The minimum absolute atomic E-state index is 0.0969. The lowest BCUT2D eigenvalue weighted by Gasteiger charge is -2.09. The van der Waals surface area contributed by atoms with Gasteiger partial charge in [-0.1, -0.05) is 11.6 Å². The van der Waals surface area contributed by atoms with E-state index in [-0.39, 0.29) is 5.91 Å². The van der Waals surface area contributed by atoms with E-state index in [2.05, 4.69) is 10.3 Å². The van der Waals surface area contributed by atoms with Crippen LogP contribution in [0.3, 0.4) is 0 Å². The number of aromatic nitrogens is 1. The van der Waals surface area contributed by atoms with Gasteiger partial charge in [-0.05, 0) is 36.8 Å². The molecule has 0 aliphatic heterocycles. The van der Waals surface area contributed by atoms with Crippen molar-refractivity contribution in [2.45, 2.75) is 20.5 Å². The number of amides is 1. The molecule has 0 saturated carbocycles. The Morgan fingerprint density at radius 1 is 1.32 bits per heavy atom. The molecule has 0 spiro atoms. The standard InChI is InChI=1S/C18H17ClN2O3S/c1-10-6-12(4-5-14(10)20-11(2)22)24-9-18-21-15-7-13(19)16(23-3)8-17(15)25-18/h4-8H,9H2,1-3H3,(H,20,22). The summed E-state index contributed by atoms with van der Waals surface area (Å²) in [5.74, 6) is 1.26. The number of nitrogens with zero attached hydrogens (tertiary/aromatic N) is 1. The first-order valence-electron chi connectivity index (χ1n) is 7.60. The maximum atomic E-state index is 11.1. The van der Waals surface area contributed by atoms with Crippen LogP contribution < -0.4 is 14.8 Å². The molecule has 3 rings (SSSR count). The van der Waals surface area contributed by atoms with Crippen LogP contribution in [0.1, 0.15) is 17.5 Å². The first kappa shape index (κ1) is 17.5. The monoisotopic (exact) mass is 376 g/mol. The summed E-state index contributed by atoms with van der Waals surface area (Å²) in [5, 5.41) is 4.17. The van der Waals surface area contributed by atoms with Crippen LogP contribution >= 0.6 is 22.9 Å². The van der Waals surface area contributed by atoms with Crippen LogP contribution in [0, 0.1) is 6.92 Å².